The topological polar surface area (TPSA) is 66.8 Å². The van der Waals surface area contributed by atoms with Crippen LogP contribution >= 0.6 is 0 Å². The molecule has 1 amide bonds. The fourth-order valence-corrected chi connectivity index (χ4v) is 2.02. The Morgan fingerprint density at radius 2 is 2.28 bits per heavy atom. The van der Waals surface area contributed by atoms with Crippen LogP contribution < -0.4 is 4.90 Å². The molecule has 1 aromatic rings. The van der Waals surface area contributed by atoms with Gasteiger partial charge in [-0.05, 0) is 12.1 Å². The molecular weight excluding hydrogens is 241 g/mol. The lowest BCUT2D eigenvalue weighted by atomic mass is 10.1. The molecule has 5 nitrogen and oxygen atoms in total. The van der Waals surface area contributed by atoms with Crippen LogP contribution in [0.2, 0.25) is 0 Å². The van der Waals surface area contributed by atoms with Crippen LogP contribution in [0.3, 0.4) is 0 Å². The van der Waals surface area contributed by atoms with Gasteiger partial charge in [0.25, 0.3) is 0 Å². The van der Waals surface area contributed by atoms with Gasteiger partial charge in [0, 0.05) is 13.0 Å². The smallest absolute Gasteiger partial charge is 0.311 e. The molecule has 1 heterocycles. The maximum Gasteiger partial charge on any atom is 0.311 e. The number of phenols is 1. The van der Waals surface area contributed by atoms with E-state index < -0.39 is 23.6 Å². The highest BCUT2D eigenvalue weighted by Crippen LogP contribution is 2.34. The Balaban J connectivity index is 2.30. The molecule has 0 saturated carbocycles. The van der Waals surface area contributed by atoms with Crippen molar-refractivity contribution in [1.82, 2.24) is 0 Å². The molecule has 1 aromatic carbocycles. The first-order chi connectivity index (χ1) is 8.54. The van der Waals surface area contributed by atoms with Gasteiger partial charge < -0.3 is 14.7 Å². The first kappa shape index (κ1) is 12.3. The zero-order valence-electron chi connectivity index (χ0n) is 9.72. The minimum Gasteiger partial charge on any atom is -0.506 e. The Kier molecular flexibility index (Phi) is 3.18. The van der Waals surface area contributed by atoms with E-state index in [1.54, 1.807) is 0 Å². The number of aromatic hydroxyl groups is 1. The van der Waals surface area contributed by atoms with E-state index >= 15 is 0 Å². The molecule has 18 heavy (non-hydrogen) atoms. The zero-order chi connectivity index (χ0) is 13.3. The van der Waals surface area contributed by atoms with Crippen molar-refractivity contribution >= 4 is 17.6 Å². The summed E-state index contributed by atoms with van der Waals surface area (Å²) in [5.41, 5.74) is -0.186. The van der Waals surface area contributed by atoms with Gasteiger partial charge in [0.05, 0.1) is 13.0 Å². The van der Waals surface area contributed by atoms with Gasteiger partial charge >= 0.3 is 5.97 Å². The number of anilines is 1. The highest BCUT2D eigenvalue weighted by atomic mass is 19.1. The monoisotopic (exact) mass is 253 g/mol. The predicted molar refractivity (Wildman–Crippen MR) is 60.5 cm³/mol. The lowest BCUT2D eigenvalue weighted by Gasteiger charge is -2.18. The number of methoxy groups -OCH3 is 1. The van der Waals surface area contributed by atoms with Crippen molar-refractivity contribution in [1.29, 1.82) is 0 Å². The number of hydrogen-bond acceptors (Lipinski definition) is 4. The van der Waals surface area contributed by atoms with Gasteiger partial charge in [-0.1, -0.05) is 6.07 Å². The molecule has 0 radical (unpaired) electrons. The number of amides is 1. The van der Waals surface area contributed by atoms with Gasteiger partial charge in [0.2, 0.25) is 5.91 Å². The van der Waals surface area contributed by atoms with Crippen LogP contribution in [0.25, 0.3) is 0 Å². The quantitative estimate of drug-likeness (QED) is 0.800. The second-order valence-corrected chi connectivity index (χ2v) is 4.04. The number of phenolic OH excluding ortho intramolecular Hbond substituents is 1. The summed E-state index contributed by atoms with van der Waals surface area (Å²) in [6, 6.07) is 3.78. The number of carbonyl (C=O) groups is 2. The van der Waals surface area contributed by atoms with Gasteiger partial charge in [-0.15, -0.1) is 0 Å². The van der Waals surface area contributed by atoms with Gasteiger partial charge in [-0.25, -0.2) is 4.39 Å². The highest BCUT2D eigenvalue weighted by Gasteiger charge is 2.37. The SMILES string of the molecule is COC(=O)C1CC(=O)N(c2c(O)cccc2F)C1. The molecule has 0 aromatic heterocycles. The number of ether oxygens (including phenoxy) is 1. The van der Waals surface area contributed by atoms with E-state index in [0.717, 1.165) is 11.0 Å². The molecule has 96 valence electrons. The van der Waals surface area contributed by atoms with Crippen LogP contribution in [0.1, 0.15) is 6.42 Å². The molecule has 1 aliphatic rings. The summed E-state index contributed by atoms with van der Waals surface area (Å²) < 4.78 is 18.2. The summed E-state index contributed by atoms with van der Waals surface area (Å²) in [5.74, 6) is -2.57. The number of benzene rings is 1. The van der Waals surface area contributed by atoms with Crippen LogP contribution in [0, 0.1) is 11.7 Å². The van der Waals surface area contributed by atoms with Crippen molar-refractivity contribution in [3.8, 4) is 5.75 Å². The number of hydrogen-bond donors (Lipinski definition) is 1. The number of halogens is 1. The fourth-order valence-electron chi connectivity index (χ4n) is 2.02. The van der Waals surface area contributed by atoms with Gasteiger partial charge in [-0.3, -0.25) is 9.59 Å². The first-order valence-corrected chi connectivity index (χ1v) is 5.40. The van der Waals surface area contributed by atoms with Gasteiger partial charge in [0.15, 0.2) is 5.82 Å². The van der Waals surface area contributed by atoms with Gasteiger partial charge in [-0.2, -0.15) is 0 Å². The maximum absolute atomic E-state index is 13.6. The number of para-hydroxylation sites is 1. The molecule has 1 unspecified atom stereocenters. The maximum atomic E-state index is 13.6. The minimum atomic E-state index is -0.700. The summed E-state index contributed by atoms with van der Waals surface area (Å²) in [4.78, 5) is 24.2. The van der Waals surface area contributed by atoms with E-state index in [2.05, 4.69) is 4.74 Å². The average Bonchev–Trinajstić information content (AvgIpc) is 2.70. The first-order valence-electron chi connectivity index (χ1n) is 5.40. The van der Waals surface area contributed by atoms with Gasteiger partial charge in [0.1, 0.15) is 11.4 Å². The molecule has 2 rings (SSSR count). The number of carbonyl (C=O) groups excluding carboxylic acids is 2. The fraction of sp³-hybridized carbons (Fsp3) is 0.333. The molecule has 1 fully saturated rings. The van der Waals surface area contributed by atoms with E-state index in [1.807, 2.05) is 0 Å². The Labute approximate surface area is 103 Å². The van der Waals surface area contributed by atoms with Crippen LogP contribution in [0.15, 0.2) is 18.2 Å². The van der Waals surface area contributed by atoms with Crippen molar-refractivity contribution in [2.75, 3.05) is 18.6 Å². The standard InChI is InChI=1S/C12H12FNO4/c1-18-12(17)7-5-10(16)14(6-7)11-8(13)3-2-4-9(11)15/h2-4,7,15H,5-6H2,1H3. The van der Waals surface area contributed by atoms with Crippen LogP contribution in [-0.2, 0) is 14.3 Å². The Morgan fingerprint density at radius 3 is 2.89 bits per heavy atom. The molecule has 6 heteroatoms. The summed E-state index contributed by atoms with van der Waals surface area (Å²) in [6.45, 7) is 0.0139. The second-order valence-electron chi connectivity index (χ2n) is 4.04. The molecule has 0 bridgehead atoms. The lowest BCUT2D eigenvalue weighted by Crippen LogP contribution is -2.27. The molecule has 1 aliphatic heterocycles. The van der Waals surface area contributed by atoms with Crippen LogP contribution in [0.5, 0.6) is 5.75 Å². The average molecular weight is 253 g/mol. The third-order valence-corrected chi connectivity index (χ3v) is 2.89. The number of esters is 1. The van der Waals surface area contributed by atoms with Crippen molar-refractivity contribution < 1.29 is 23.8 Å². The van der Waals surface area contributed by atoms with Crippen LogP contribution in [-0.4, -0.2) is 30.6 Å². The molecule has 0 aliphatic carbocycles. The summed E-state index contributed by atoms with van der Waals surface area (Å²) in [5, 5.41) is 9.60. The zero-order valence-corrected chi connectivity index (χ0v) is 9.72. The summed E-state index contributed by atoms with van der Waals surface area (Å²) in [7, 11) is 1.23. The summed E-state index contributed by atoms with van der Waals surface area (Å²) >= 11 is 0. The minimum absolute atomic E-state index is 0.0139. The molecule has 1 saturated heterocycles. The molecule has 1 N–H and O–H groups in total. The van der Waals surface area contributed by atoms with E-state index in [4.69, 9.17) is 0 Å². The van der Waals surface area contributed by atoms with Crippen molar-refractivity contribution in [2.24, 2.45) is 5.92 Å². The van der Waals surface area contributed by atoms with E-state index in [0.29, 0.717) is 0 Å². The molecular formula is C12H12FNO4. The largest absolute Gasteiger partial charge is 0.506 e. The molecule has 1 atom stereocenters. The van der Waals surface area contributed by atoms with E-state index in [-0.39, 0.29) is 24.4 Å². The second kappa shape index (κ2) is 4.64. The third kappa shape index (κ3) is 2.01. The van der Waals surface area contributed by atoms with Crippen molar-refractivity contribution in [3.63, 3.8) is 0 Å². The number of rotatable bonds is 2. The Bertz CT molecular complexity index is 483. The third-order valence-electron chi connectivity index (χ3n) is 2.89. The van der Waals surface area contributed by atoms with Crippen molar-refractivity contribution in [3.05, 3.63) is 24.0 Å². The Morgan fingerprint density at radius 1 is 1.56 bits per heavy atom. The highest BCUT2D eigenvalue weighted by molar-refractivity contribution is 6.00. The summed E-state index contributed by atoms with van der Waals surface area (Å²) in [6.07, 6.45) is -0.0412. The normalized spacial score (nSPS) is 19.1. The van der Waals surface area contributed by atoms with Crippen molar-refractivity contribution in [2.45, 2.75) is 6.42 Å². The Hall–Kier alpha value is -2.11. The number of nitrogens with zero attached hydrogens (tertiary/aromatic N) is 1. The predicted octanol–water partition coefficient (Wildman–Crippen LogP) is 1.06. The van der Waals surface area contributed by atoms with E-state index in [9.17, 15) is 19.1 Å². The van der Waals surface area contributed by atoms with Crippen LogP contribution in [0.4, 0.5) is 10.1 Å². The lowest BCUT2D eigenvalue weighted by molar-refractivity contribution is -0.145. The molecule has 0 spiro atoms. The van der Waals surface area contributed by atoms with E-state index in [1.165, 1.54) is 19.2 Å².